The van der Waals surface area contributed by atoms with Crippen molar-refractivity contribution in [1.29, 1.82) is 0 Å². The Kier molecular flexibility index (Phi) is 7.36. The molecule has 11 aromatic carbocycles. The first kappa shape index (κ1) is 35.0. The Balaban J connectivity index is 1.04. The molecule has 0 bridgehead atoms. The second kappa shape index (κ2) is 13.4. The van der Waals surface area contributed by atoms with Gasteiger partial charge in [-0.05, 0) is 111 Å². The zero-order chi connectivity index (χ0) is 41.9. The monoisotopic (exact) mass is 815 g/mol. The van der Waals surface area contributed by atoms with Crippen molar-refractivity contribution >= 4 is 115 Å². The lowest BCUT2D eigenvalue weighted by Crippen LogP contribution is -2.10. The summed E-state index contributed by atoms with van der Waals surface area (Å²) in [4.78, 5) is 2.40. The van der Waals surface area contributed by atoms with Crippen molar-refractivity contribution in [3.63, 3.8) is 0 Å². The smallest absolute Gasteiger partial charge is 0.137 e. The molecule has 4 heteroatoms. The molecule has 0 aliphatic rings. The van der Waals surface area contributed by atoms with Crippen molar-refractivity contribution in [3.05, 3.63) is 224 Å². The van der Waals surface area contributed by atoms with Gasteiger partial charge in [-0.15, -0.1) is 0 Å². The fourth-order valence-corrected chi connectivity index (χ4v) is 10.7. The highest BCUT2D eigenvalue weighted by atomic mass is 16.3. The minimum atomic E-state index is 0.862. The predicted molar refractivity (Wildman–Crippen MR) is 270 cm³/mol. The molecule has 0 spiro atoms. The molecule has 0 fully saturated rings. The zero-order valence-corrected chi connectivity index (χ0v) is 34.6. The van der Waals surface area contributed by atoms with Crippen LogP contribution in [0.3, 0.4) is 0 Å². The van der Waals surface area contributed by atoms with Gasteiger partial charge in [-0.25, -0.2) is 0 Å². The molecule has 0 N–H and O–H groups in total. The molecule has 0 atom stereocenters. The molecule has 298 valence electrons. The summed E-state index contributed by atoms with van der Waals surface area (Å²) in [6.45, 7) is 0. The summed E-state index contributed by atoms with van der Waals surface area (Å²) < 4.78 is 11.4. The summed E-state index contributed by atoms with van der Waals surface area (Å²) >= 11 is 0. The highest BCUT2D eigenvalue weighted by Gasteiger charge is 2.23. The van der Waals surface area contributed by atoms with Gasteiger partial charge in [0.25, 0.3) is 0 Å². The van der Waals surface area contributed by atoms with Gasteiger partial charge in [0.15, 0.2) is 0 Å². The number of furan rings is 1. The van der Waals surface area contributed by atoms with Crippen molar-refractivity contribution in [2.45, 2.75) is 0 Å². The second-order valence-corrected chi connectivity index (χ2v) is 16.9. The van der Waals surface area contributed by atoms with E-state index in [0.29, 0.717) is 0 Å². The SMILES string of the molecule is c1ccc(-n2c3ccccc3c3cccc(-n4c5ccccc5c5cc(N(c6ccc7c(c6)oc6ccccc67)c6ccc7c8ccccc8c8ccccc8c7c6)ccc54)c32)cc1. The van der Waals surface area contributed by atoms with Gasteiger partial charge in [0.2, 0.25) is 0 Å². The van der Waals surface area contributed by atoms with Crippen LogP contribution in [0.25, 0.3) is 109 Å². The molecular formula is C60H37N3O. The minimum absolute atomic E-state index is 0.862. The zero-order valence-electron chi connectivity index (χ0n) is 34.6. The number of hydrogen-bond donors (Lipinski definition) is 0. The number of nitrogens with zero attached hydrogens (tertiary/aromatic N) is 3. The number of rotatable bonds is 5. The molecule has 4 nitrogen and oxygen atoms in total. The van der Waals surface area contributed by atoms with Crippen LogP contribution in [-0.2, 0) is 0 Å². The fraction of sp³-hybridized carbons (Fsp3) is 0. The maximum absolute atomic E-state index is 6.54. The number of aromatic nitrogens is 2. The Morgan fingerprint density at radius 1 is 0.281 bits per heavy atom. The lowest BCUT2D eigenvalue weighted by Gasteiger charge is -2.26. The van der Waals surface area contributed by atoms with E-state index in [1.54, 1.807) is 0 Å². The van der Waals surface area contributed by atoms with Gasteiger partial charge in [0, 0.05) is 61.1 Å². The van der Waals surface area contributed by atoms with E-state index in [0.717, 1.165) is 61.4 Å². The second-order valence-electron chi connectivity index (χ2n) is 16.9. The highest BCUT2D eigenvalue weighted by molar-refractivity contribution is 6.26. The molecule has 3 aromatic heterocycles. The third kappa shape index (κ3) is 4.99. The van der Waals surface area contributed by atoms with E-state index in [4.69, 9.17) is 4.42 Å². The summed E-state index contributed by atoms with van der Waals surface area (Å²) in [7, 11) is 0. The normalized spacial score (nSPS) is 12.1. The van der Waals surface area contributed by atoms with Gasteiger partial charge in [-0.3, -0.25) is 0 Å². The van der Waals surface area contributed by atoms with E-state index in [2.05, 4.69) is 232 Å². The van der Waals surface area contributed by atoms with Gasteiger partial charge in [0.1, 0.15) is 11.2 Å². The van der Waals surface area contributed by atoms with Crippen molar-refractivity contribution < 1.29 is 4.42 Å². The quantitative estimate of drug-likeness (QED) is 0.162. The van der Waals surface area contributed by atoms with Gasteiger partial charge >= 0.3 is 0 Å². The van der Waals surface area contributed by atoms with Gasteiger partial charge in [0.05, 0.1) is 27.8 Å². The van der Waals surface area contributed by atoms with E-state index in [1.165, 1.54) is 64.9 Å². The molecule has 0 saturated heterocycles. The van der Waals surface area contributed by atoms with Crippen molar-refractivity contribution in [3.8, 4) is 11.4 Å². The van der Waals surface area contributed by atoms with E-state index in [1.807, 2.05) is 6.07 Å². The molecule has 0 radical (unpaired) electrons. The van der Waals surface area contributed by atoms with Crippen LogP contribution in [0.15, 0.2) is 229 Å². The van der Waals surface area contributed by atoms with E-state index in [-0.39, 0.29) is 0 Å². The van der Waals surface area contributed by atoms with Crippen LogP contribution in [0, 0.1) is 0 Å². The largest absolute Gasteiger partial charge is 0.456 e. The Morgan fingerprint density at radius 3 is 1.47 bits per heavy atom. The lowest BCUT2D eigenvalue weighted by molar-refractivity contribution is 0.669. The number of hydrogen-bond acceptors (Lipinski definition) is 2. The molecule has 0 aliphatic heterocycles. The first-order chi connectivity index (χ1) is 31.8. The summed E-state index contributed by atoms with van der Waals surface area (Å²) in [5, 5.41) is 14.6. The average Bonchev–Trinajstić information content (AvgIpc) is 4.02. The molecule has 0 aliphatic carbocycles. The Morgan fingerprint density at radius 2 is 0.750 bits per heavy atom. The Labute approximate surface area is 367 Å². The van der Waals surface area contributed by atoms with Gasteiger partial charge in [-0.1, -0.05) is 140 Å². The van der Waals surface area contributed by atoms with E-state index < -0.39 is 0 Å². The number of benzene rings is 11. The summed E-state index contributed by atoms with van der Waals surface area (Å²) in [6.07, 6.45) is 0. The Hall–Kier alpha value is -8.60. The van der Waals surface area contributed by atoms with Crippen LogP contribution in [0.1, 0.15) is 0 Å². The molecule has 14 rings (SSSR count). The van der Waals surface area contributed by atoms with Crippen LogP contribution in [-0.4, -0.2) is 9.13 Å². The van der Waals surface area contributed by atoms with Crippen LogP contribution in [0.4, 0.5) is 17.1 Å². The van der Waals surface area contributed by atoms with Crippen LogP contribution in [0.2, 0.25) is 0 Å². The summed E-state index contributed by atoms with van der Waals surface area (Å²) in [5.74, 6) is 0. The maximum Gasteiger partial charge on any atom is 0.137 e. The average molecular weight is 816 g/mol. The molecule has 14 aromatic rings. The van der Waals surface area contributed by atoms with Crippen molar-refractivity contribution in [2.75, 3.05) is 4.90 Å². The molecule has 0 amide bonds. The third-order valence-electron chi connectivity index (χ3n) is 13.4. The number of fused-ring (bicyclic) bond motifs is 15. The third-order valence-corrected chi connectivity index (χ3v) is 13.4. The summed E-state index contributed by atoms with van der Waals surface area (Å²) in [6, 6.07) is 81.6. The van der Waals surface area contributed by atoms with Crippen LogP contribution < -0.4 is 4.90 Å². The number of para-hydroxylation sites is 5. The molecular weight excluding hydrogens is 779 g/mol. The molecule has 0 unspecified atom stereocenters. The van der Waals surface area contributed by atoms with E-state index >= 15 is 0 Å². The molecule has 64 heavy (non-hydrogen) atoms. The fourth-order valence-electron chi connectivity index (χ4n) is 10.7. The first-order valence-electron chi connectivity index (χ1n) is 21.9. The van der Waals surface area contributed by atoms with Crippen molar-refractivity contribution in [2.24, 2.45) is 0 Å². The topological polar surface area (TPSA) is 26.2 Å². The number of anilines is 3. The lowest BCUT2D eigenvalue weighted by atomic mass is 9.94. The van der Waals surface area contributed by atoms with Gasteiger partial charge < -0.3 is 18.5 Å². The standard InChI is InChI=1S/C60H37N3O/c1-2-15-38(16-3-1)62-54-25-11-8-21-47(54)51-24-14-27-57(60(51)62)63-55-26-12-9-22-48(55)53-36-40(31-34-56(53)63)61(41-30-33-50-49-23-10-13-28-58(49)64-59(50)37-41)39-29-32-46-44-19-5-4-17-42(44)43-18-6-7-20-45(43)52(46)35-39/h1-37H. The first-order valence-corrected chi connectivity index (χ1v) is 21.9. The van der Waals surface area contributed by atoms with Gasteiger partial charge in [-0.2, -0.15) is 0 Å². The molecule has 3 heterocycles. The minimum Gasteiger partial charge on any atom is -0.456 e. The Bertz CT molecular complexity index is 4170. The molecule has 0 saturated carbocycles. The van der Waals surface area contributed by atoms with E-state index in [9.17, 15) is 0 Å². The predicted octanol–water partition coefficient (Wildman–Crippen LogP) is 16.7. The maximum atomic E-state index is 6.54. The van der Waals surface area contributed by atoms with Crippen LogP contribution >= 0.6 is 0 Å². The van der Waals surface area contributed by atoms with Crippen molar-refractivity contribution in [1.82, 2.24) is 9.13 Å². The van der Waals surface area contributed by atoms with Crippen LogP contribution in [0.5, 0.6) is 0 Å². The highest BCUT2D eigenvalue weighted by Crippen LogP contribution is 2.45. The summed E-state index contributed by atoms with van der Waals surface area (Å²) in [5.41, 5.74) is 11.9.